The molecule has 0 amide bonds. The molecule has 1 rings (SSSR count). The van der Waals surface area contributed by atoms with Gasteiger partial charge in [0.05, 0.1) is 22.8 Å². The number of nitrogen functional groups attached to an aromatic ring is 1. The summed E-state index contributed by atoms with van der Waals surface area (Å²) in [5.74, 6) is 0.371. The van der Waals surface area contributed by atoms with Crippen LogP contribution in [0.1, 0.15) is 12.0 Å². The predicted octanol–water partition coefficient (Wildman–Crippen LogP) is 3.10. The number of halogens is 4. The van der Waals surface area contributed by atoms with Crippen molar-refractivity contribution < 1.29 is 13.2 Å². The van der Waals surface area contributed by atoms with E-state index >= 15 is 0 Å². The SMILES string of the molecule is Cc1c(N)cnc(NCCC(F)(F)F)c1Br. The fourth-order valence-electron chi connectivity index (χ4n) is 1.04. The molecular formula is C9H11BrF3N3. The van der Waals surface area contributed by atoms with Crippen molar-refractivity contribution in [3.63, 3.8) is 0 Å². The van der Waals surface area contributed by atoms with Gasteiger partial charge in [0.1, 0.15) is 5.82 Å². The molecular weight excluding hydrogens is 287 g/mol. The molecule has 0 spiro atoms. The molecule has 0 bridgehead atoms. The summed E-state index contributed by atoms with van der Waals surface area (Å²) >= 11 is 3.23. The minimum atomic E-state index is -4.16. The van der Waals surface area contributed by atoms with Crippen LogP contribution in [0.3, 0.4) is 0 Å². The molecule has 0 radical (unpaired) electrons. The van der Waals surface area contributed by atoms with E-state index in [1.165, 1.54) is 6.20 Å². The van der Waals surface area contributed by atoms with Gasteiger partial charge in [0.2, 0.25) is 0 Å². The molecule has 0 saturated carbocycles. The molecule has 0 atom stereocenters. The molecule has 3 N–H and O–H groups in total. The molecule has 0 aromatic carbocycles. The van der Waals surface area contributed by atoms with E-state index in [1.807, 2.05) is 0 Å². The predicted molar refractivity (Wildman–Crippen MR) is 60.2 cm³/mol. The van der Waals surface area contributed by atoms with E-state index in [1.54, 1.807) is 6.92 Å². The number of aromatic nitrogens is 1. The number of hydrogen-bond acceptors (Lipinski definition) is 3. The van der Waals surface area contributed by atoms with Gasteiger partial charge in [-0.1, -0.05) is 0 Å². The lowest BCUT2D eigenvalue weighted by Crippen LogP contribution is -2.15. The molecule has 1 heterocycles. The first-order valence-corrected chi connectivity index (χ1v) is 5.32. The van der Waals surface area contributed by atoms with Crippen LogP contribution in [0.25, 0.3) is 0 Å². The van der Waals surface area contributed by atoms with Crippen LogP contribution >= 0.6 is 15.9 Å². The van der Waals surface area contributed by atoms with E-state index in [4.69, 9.17) is 5.73 Å². The fourth-order valence-corrected chi connectivity index (χ4v) is 1.51. The second-order valence-electron chi connectivity index (χ2n) is 3.29. The van der Waals surface area contributed by atoms with E-state index < -0.39 is 12.6 Å². The molecule has 0 unspecified atom stereocenters. The first kappa shape index (κ1) is 13.1. The Bertz CT molecular complexity index is 379. The van der Waals surface area contributed by atoms with E-state index in [0.717, 1.165) is 5.56 Å². The lowest BCUT2D eigenvalue weighted by molar-refractivity contribution is -0.131. The number of nitrogens with zero attached hydrogens (tertiary/aromatic N) is 1. The van der Waals surface area contributed by atoms with Gasteiger partial charge in [-0.05, 0) is 28.4 Å². The molecule has 0 aliphatic heterocycles. The van der Waals surface area contributed by atoms with Crippen LogP contribution in [0.5, 0.6) is 0 Å². The van der Waals surface area contributed by atoms with Crippen molar-refractivity contribution in [3.05, 3.63) is 16.2 Å². The zero-order chi connectivity index (χ0) is 12.3. The largest absolute Gasteiger partial charge is 0.397 e. The summed E-state index contributed by atoms with van der Waals surface area (Å²) in [7, 11) is 0. The molecule has 3 nitrogen and oxygen atoms in total. The Morgan fingerprint density at radius 1 is 1.50 bits per heavy atom. The van der Waals surface area contributed by atoms with E-state index in [0.29, 0.717) is 16.0 Å². The van der Waals surface area contributed by atoms with Gasteiger partial charge in [0.15, 0.2) is 0 Å². The average molecular weight is 298 g/mol. The third-order valence-corrected chi connectivity index (χ3v) is 2.97. The van der Waals surface area contributed by atoms with Crippen molar-refractivity contribution in [3.8, 4) is 0 Å². The summed E-state index contributed by atoms with van der Waals surface area (Å²) in [6.07, 6.45) is -3.65. The molecule has 7 heteroatoms. The fraction of sp³-hybridized carbons (Fsp3) is 0.444. The van der Waals surface area contributed by atoms with Gasteiger partial charge in [-0.3, -0.25) is 0 Å². The second-order valence-corrected chi connectivity index (χ2v) is 4.09. The lowest BCUT2D eigenvalue weighted by Gasteiger charge is -2.11. The third kappa shape index (κ3) is 3.55. The zero-order valence-electron chi connectivity index (χ0n) is 8.53. The second kappa shape index (κ2) is 4.90. The van der Waals surface area contributed by atoms with Crippen LogP contribution in [-0.4, -0.2) is 17.7 Å². The molecule has 0 aliphatic rings. The summed E-state index contributed by atoms with van der Waals surface area (Å²) in [5, 5.41) is 2.60. The number of nitrogens with two attached hydrogens (primary N) is 1. The first-order chi connectivity index (χ1) is 7.31. The monoisotopic (exact) mass is 297 g/mol. The van der Waals surface area contributed by atoms with Crippen LogP contribution in [0.15, 0.2) is 10.7 Å². The van der Waals surface area contributed by atoms with Crippen molar-refractivity contribution in [2.45, 2.75) is 19.5 Å². The van der Waals surface area contributed by atoms with Crippen molar-refractivity contribution in [1.82, 2.24) is 4.98 Å². The van der Waals surface area contributed by atoms with Gasteiger partial charge in [-0.25, -0.2) is 4.98 Å². The van der Waals surface area contributed by atoms with Crippen LogP contribution in [0, 0.1) is 6.92 Å². The molecule has 0 aliphatic carbocycles. The minimum absolute atomic E-state index is 0.210. The number of nitrogens with one attached hydrogen (secondary N) is 1. The molecule has 0 saturated heterocycles. The van der Waals surface area contributed by atoms with Crippen molar-refractivity contribution in [1.29, 1.82) is 0 Å². The van der Waals surface area contributed by atoms with E-state index in [2.05, 4.69) is 26.2 Å². The summed E-state index contributed by atoms with van der Waals surface area (Å²) < 4.78 is 36.3. The number of pyridine rings is 1. The molecule has 1 aromatic heterocycles. The zero-order valence-corrected chi connectivity index (χ0v) is 10.1. The quantitative estimate of drug-likeness (QED) is 0.901. The Balaban J connectivity index is 2.65. The first-order valence-electron chi connectivity index (χ1n) is 4.52. The highest BCUT2D eigenvalue weighted by molar-refractivity contribution is 9.10. The van der Waals surface area contributed by atoms with Crippen molar-refractivity contribution in [2.24, 2.45) is 0 Å². The Kier molecular flexibility index (Phi) is 4.01. The summed E-state index contributed by atoms with van der Waals surface area (Å²) in [4.78, 5) is 3.91. The number of rotatable bonds is 3. The van der Waals surface area contributed by atoms with Crippen molar-refractivity contribution >= 4 is 27.4 Å². The van der Waals surface area contributed by atoms with Crippen LogP contribution in [0.2, 0.25) is 0 Å². The topological polar surface area (TPSA) is 50.9 Å². The summed E-state index contributed by atoms with van der Waals surface area (Å²) in [6.45, 7) is 1.55. The number of hydrogen-bond donors (Lipinski definition) is 2. The average Bonchev–Trinajstić information content (AvgIpc) is 2.16. The standard InChI is InChI=1S/C9H11BrF3N3/c1-5-6(14)4-16-8(7(5)10)15-3-2-9(11,12)13/h4H,2-3,14H2,1H3,(H,15,16). The Labute approximate surface area is 99.4 Å². The van der Waals surface area contributed by atoms with Gasteiger partial charge >= 0.3 is 6.18 Å². The minimum Gasteiger partial charge on any atom is -0.397 e. The Morgan fingerprint density at radius 2 is 2.12 bits per heavy atom. The third-order valence-electron chi connectivity index (χ3n) is 2.00. The van der Waals surface area contributed by atoms with Crippen molar-refractivity contribution in [2.75, 3.05) is 17.6 Å². The molecule has 1 aromatic rings. The highest BCUT2D eigenvalue weighted by Crippen LogP contribution is 2.28. The smallest absolute Gasteiger partial charge is 0.390 e. The highest BCUT2D eigenvalue weighted by Gasteiger charge is 2.26. The maximum Gasteiger partial charge on any atom is 0.390 e. The van der Waals surface area contributed by atoms with Crippen LogP contribution in [0.4, 0.5) is 24.7 Å². The van der Waals surface area contributed by atoms with Gasteiger partial charge in [-0.2, -0.15) is 13.2 Å². The number of anilines is 2. The van der Waals surface area contributed by atoms with Gasteiger partial charge in [0.25, 0.3) is 0 Å². The summed E-state index contributed by atoms with van der Waals surface area (Å²) in [6, 6.07) is 0. The number of alkyl halides is 3. The van der Waals surface area contributed by atoms with Gasteiger partial charge < -0.3 is 11.1 Å². The maximum absolute atomic E-state index is 11.9. The van der Waals surface area contributed by atoms with Gasteiger partial charge in [-0.15, -0.1) is 0 Å². The lowest BCUT2D eigenvalue weighted by atomic mass is 10.2. The molecule has 90 valence electrons. The van der Waals surface area contributed by atoms with E-state index in [-0.39, 0.29) is 6.54 Å². The normalized spacial score (nSPS) is 11.6. The molecule has 0 fully saturated rings. The highest BCUT2D eigenvalue weighted by atomic mass is 79.9. The maximum atomic E-state index is 11.9. The summed E-state index contributed by atoms with van der Waals surface area (Å²) in [5.41, 5.74) is 6.84. The Morgan fingerprint density at radius 3 is 2.69 bits per heavy atom. The van der Waals surface area contributed by atoms with Crippen LogP contribution in [-0.2, 0) is 0 Å². The van der Waals surface area contributed by atoms with E-state index in [9.17, 15) is 13.2 Å². The molecule has 16 heavy (non-hydrogen) atoms. The van der Waals surface area contributed by atoms with Gasteiger partial charge in [0, 0.05) is 6.54 Å². The Hall–Kier alpha value is -0.980. The van der Waals surface area contributed by atoms with Crippen LogP contribution < -0.4 is 11.1 Å².